The van der Waals surface area contributed by atoms with E-state index in [-0.39, 0.29) is 0 Å². The molecule has 0 spiro atoms. The van der Waals surface area contributed by atoms with Gasteiger partial charge in [-0.1, -0.05) is 158 Å². The maximum absolute atomic E-state index is 10.5. The molecular weight excluding hydrogens is 573 g/mol. The molecule has 0 unspecified atom stereocenters. The van der Waals surface area contributed by atoms with E-state index in [1.165, 1.54) is 31.5 Å². The molecule has 3 heteroatoms. The Kier molecular flexibility index (Phi) is 6.91. The van der Waals surface area contributed by atoms with Gasteiger partial charge in [0.05, 0.1) is 28.4 Å². The van der Waals surface area contributed by atoms with Crippen molar-refractivity contribution < 1.29 is 0 Å². The van der Waals surface area contributed by atoms with Gasteiger partial charge in [-0.2, -0.15) is 5.26 Å². The lowest BCUT2D eigenvalue weighted by Crippen LogP contribution is -2.74. The molecule has 1 aromatic heterocycles. The first-order valence-corrected chi connectivity index (χ1v) is 17.6. The van der Waals surface area contributed by atoms with E-state index in [4.69, 9.17) is 0 Å². The summed E-state index contributed by atoms with van der Waals surface area (Å²) < 4.78 is 2.35. The van der Waals surface area contributed by atoms with Crippen LogP contribution in [0, 0.1) is 11.3 Å². The number of fused-ring (bicyclic) bond motifs is 3. The second-order valence-electron chi connectivity index (χ2n) is 11.6. The van der Waals surface area contributed by atoms with E-state index in [1.54, 1.807) is 0 Å². The first-order chi connectivity index (χ1) is 22.8. The van der Waals surface area contributed by atoms with Gasteiger partial charge < -0.3 is 4.57 Å². The molecule has 2 nitrogen and oxygen atoms in total. The standard InChI is InChI=1S/C43H30N2Si/c44-31-32-28-29-36(46(33-16-4-1-5-17-33,34-18-6-2-7-19-34)35-20-8-3-9-21-35)30-40(32)39-24-12-15-27-43(39)45-41-25-13-10-22-37(41)38-23-11-14-26-42(38)45/h1-30H. The zero-order valence-corrected chi connectivity index (χ0v) is 26.2. The number of benzene rings is 7. The largest absolute Gasteiger partial charge is 0.309 e. The van der Waals surface area contributed by atoms with Crippen molar-refractivity contribution in [2.45, 2.75) is 0 Å². The molecule has 46 heavy (non-hydrogen) atoms. The van der Waals surface area contributed by atoms with Crippen molar-refractivity contribution in [2.24, 2.45) is 0 Å². The molecule has 216 valence electrons. The van der Waals surface area contributed by atoms with Gasteiger partial charge in [-0.25, -0.2) is 0 Å². The molecule has 0 atom stereocenters. The van der Waals surface area contributed by atoms with Crippen molar-refractivity contribution in [3.63, 3.8) is 0 Å². The number of nitrogens with zero attached hydrogens (tertiary/aromatic N) is 2. The highest BCUT2D eigenvalue weighted by Gasteiger charge is 2.41. The van der Waals surface area contributed by atoms with Gasteiger partial charge in [-0.15, -0.1) is 0 Å². The monoisotopic (exact) mass is 602 g/mol. The average molecular weight is 603 g/mol. The van der Waals surface area contributed by atoms with Crippen LogP contribution in [0.3, 0.4) is 0 Å². The van der Waals surface area contributed by atoms with Crippen LogP contribution in [-0.4, -0.2) is 12.6 Å². The van der Waals surface area contributed by atoms with E-state index in [0.717, 1.165) is 27.8 Å². The summed E-state index contributed by atoms with van der Waals surface area (Å²) in [7, 11) is -2.79. The maximum atomic E-state index is 10.5. The highest BCUT2D eigenvalue weighted by molar-refractivity contribution is 7.19. The highest BCUT2D eigenvalue weighted by atomic mass is 28.3. The number of nitriles is 1. The van der Waals surface area contributed by atoms with Crippen LogP contribution in [0.25, 0.3) is 38.6 Å². The van der Waals surface area contributed by atoms with Gasteiger partial charge in [-0.3, -0.25) is 0 Å². The van der Waals surface area contributed by atoms with Gasteiger partial charge in [0.15, 0.2) is 8.07 Å². The molecule has 0 bridgehead atoms. The second-order valence-corrected chi connectivity index (χ2v) is 15.4. The zero-order valence-electron chi connectivity index (χ0n) is 25.2. The summed E-state index contributed by atoms with van der Waals surface area (Å²) in [4.78, 5) is 0. The van der Waals surface area contributed by atoms with Crippen LogP contribution >= 0.6 is 0 Å². The maximum Gasteiger partial charge on any atom is 0.179 e. The van der Waals surface area contributed by atoms with E-state index in [9.17, 15) is 5.26 Å². The summed E-state index contributed by atoms with van der Waals surface area (Å²) in [6.07, 6.45) is 0. The normalized spacial score (nSPS) is 11.5. The fourth-order valence-corrected chi connectivity index (χ4v) is 12.0. The second kappa shape index (κ2) is 11.5. The van der Waals surface area contributed by atoms with Gasteiger partial charge in [0, 0.05) is 21.9 Å². The Labute approximate surface area is 270 Å². The molecule has 8 rings (SSSR count). The quantitative estimate of drug-likeness (QED) is 0.142. The number of hydrogen-bond acceptors (Lipinski definition) is 1. The Morgan fingerprint density at radius 1 is 0.413 bits per heavy atom. The number of para-hydroxylation sites is 3. The predicted octanol–water partition coefficient (Wildman–Crippen LogP) is 7.70. The van der Waals surface area contributed by atoms with Crippen LogP contribution in [0.4, 0.5) is 0 Å². The Hall–Kier alpha value is -5.95. The van der Waals surface area contributed by atoms with Crippen LogP contribution in [0.1, 0.15) is 5.56 Å². The Balaban J connectivity index is 1.46. The van der Waals surface area contributed by atoms with Crippen molar-refractivity contribution in [1.82, 2.24) is 4.57 Å². The predicted molar refractivity (Wildman–Crippen MR) is 195 cm³/mol. The number of aromatic nitrogens is 1. The Morgan fingerprint density at radius 3 is 1.39 bits per heavy atom. The fraction of sp³-hybridized carbons (Fsp3) is 0. The molecule has 8 aromatic rings. The molecule has 7 aromatic carbocycles. The van der Waals surface area contributed by atoms with Gasteiger partial charge in [0.25, 0.3) is 0 Å². The van der Waals surface area contributed by atoms with Crippen LogP contribution in [0.5, 0.6) is 0 Å². The van der Waals surface area contributed by atoms with Gasteiger partial charge in [0.2, 0.25) is 0 Å². The first kappa shape index (κ1) is 27.6. The molecule has 0 aliphatic rings. The van der Waals surface area contributed by atoms with E-state index >= 15 is 0 Å². The Bertz CT molecular complexity index is 2220. The van der Waals surface area contributed by atoms with Gasteiger partial charge >= 0.3 is 0 Å². The zero-order chi connectivity index (χ0) is 30.9. The minimum atomic E-state index is -2.79. The number of rotatable bonds is 6. The summed E-state index contributed by atoms with van der Waals surface area (Å²) in [5.41, 5.74) is 5.98. The van der Waals surface area contributed by atoms with Crippen molar-refractivity contribution >= 4 is 50.6 Å². The van der Waals surface area contributed by atoms with Crippen molar-refractivity contribution in [3.05, 3.63) is 188 Å². The van der Waals surface area contributed by atoms with Crippen molar-refractivity contribution in [2.75, 3.05) is 0 Å². The lowest BCUT2D eigenvalue weighted by Gasteiger charge is -2.35. The van der Waals surface area contributed by atoms with Crippen LogP contribution in [0.2, 0.25) is 0 Å². The average Bonchev–Trinajstić information content (AvgIpc) is 3.47. The lowest BCUT2D eigenvalue weighted by molar-refractivity contribution is 1.18. The molecule has 0 aliphatic carbocycles. The third-order valence-electron chi connectivity index (χ3n) is 9.21. The third kappa shape index (κ3) is 4.31. The number of hydrogen-bond donors (Lipinski definition) is 0. The van der Waals surface area contributed by atoms with Crippen LogP contribution in [-0.2, 0) is 0 Å². The molecule has 0 amide bonds. The summed E-state index contributed by atoms with van der Waals surface area (Å²) in [6, 6.07) is 67.5. The smallest absolute Gasteiger partial charge is 0.179 e. The van der Waals surface area contributed by atoms with Gasteiger partial charge in [0.1, 0.15) is 0 Å². The molecule has 0 aliphatic heterocycles. The SMILES string of the molecule is N#Cc1ccc([Si](c2ccccc2)(c2ccccc2)c2ccccc2)cc1-c1ccccc1-n1c2ccccc2c2ccccc21. The molecule has 1 heterocycles. The van der Waals surface area contributed by atoms with E-state index in [2.05, 4.69) is 187 Å². The molecule has 0 saturated heterocycles. The van der Waals surface area contributed by atoms with Crippen LogP contribution in [0.15, 0.2) is 182 Å². The summed E-state index contributed by atoms with van der Waals surface area (Å²) in [5, 5.41) is 18.1. The van der Waals surface area contributed by atoms with E-state index in [1.807, 2.05) is 6.07 Å². The topological polar surface area (TPSA) is 28.7 Å². The third-order valence-corrected chi connectivity index (χ3v) is 14.0. The molecule has 0 N–H and O–H groups in total. The van der Waals surface area contributed by atoms with E-state index in [0.29, 0.717) is 5.56 Å². The fourth-order valence-electron chi connectivity index (χ4n) is 7.24. The highest BCUT2D eigenvalue weighted by Crippen LogP contribution is 2.36. The van der Waals surface area contributed by atoms with Crippen LogP contribution < -0.4 is 20.7 Å². The van der Waals surface area contributed by atoms with Gasteiger partial charge in [-0.05, 0) is 45.0 Å². The minimum Gasteiger partial charge on any atom is -0.309 e. The summed E-state index contributed by atoms with van der Waals surface area (Å²) >= 11 is 0. The molecule has 0 fully saturated rings. The summed E-state index contributed by atoms with van der Waals surface area (Å²) in [5.74, 6) is 0. The molecular formula is C43H30N2Si. The molecule has 0 radical (unpaired) electrons. The summed E-state index contributed by atoms with van der Waals surface area (Å²) in [6.45, 7) is 0. The lowest BCUT2D eigenvalue weighted by atomic mass is 9.98. The molecule has 0 saturated carbocycles. The van der Waals surface area contributed by atoms with Crippen molar-refractivity contribution in [3.8, 4) is 22.9 Å². The first-order valence-electron chi connectivity index (χ1n) is 15.6. The van der Waals surface area contributed by atoms with Crippen molar-refractivity contribution in [1.29, 1.82) is 5.26 Å². The minimum absolute atomic E-state index is 0.661. The Morgan fingerprint density at radius 2 is 0.870 bits per heavy atom. The van der Waals surface area contributed by atoms with E-state index < -0.39 is 8.07 Å².